The predicted molar refractivity (Wildman–Crippen MR) is 90.9 cm³/mol. The minimum absolute atomic E-state index is 0.0961. The van der Waals surface area contributed by atoms with E-state index in [9.17, 15) is 12.8 Å². The number of rotatable bonds is 5. The van der Waals surface area contributed by atoms with Gasteiger partial charge in [-0.2, -0.15) is 0 Å². The summed E-state index contributed by atoms with van der Waals surface area (Å²) in [4.78, 5) is 6.38. The summed E-state index contributed by atoms with van der Waals surface area (Å²) in [6.45, 7) is 2.13. The van der Waals surface area contributed by atoms with Crippen LogP contribution in [0.2, 0.25) is 0 Å². The van der Waals surface area contributed by atoms with E-state index in [2.05, 4.69) is 15.2 Å². The number of aliphatic imine (C=N–C) groups is 1. The summed E-state index contributed by atoms with van der Waals surface area (Å²) in [5.74, 6) is 1.13. The van der Waals surface area contributed by atoms with Crippen molar-refractivity contribution in [2.24, 2.45) is 10.9 Å². The normalized spacial score (nSPS) is 19.2. The van der Waals surface area contributed by atoms with Crippen LogP contribution < -0.4 is 5.32 Å². The third-order valence-corrected chi connectivity index (χ3v) is 4.94. The molecule has 0 amide bonds. The van der Waals surface area contributed by atoms with Crippen LogP contribution in [0.4, 0.5) is 4.39 Å². The molecule has 1 saturated heterocycles. The molecule has 0 aromatic heterocycles. The maximum absolute atomic E-state index is 12.9. The van der Waals surface area contributed by atoms with Crippen molar-refractivity contribution >= 4 is 15.8 Å². The SMILES string of the molecule is CN=C(NCCS(C)(=O)=O)N1CCC(Cc2ccc(F)cc2)C1. The number of halogens is 1. The maximum atomic E-state index is 12.9. The van der Waals surface area contributed by atoms with Gasteiger partial charge in [0.1, 0.15) is 15.7 Å². The van der Waals surface area contributed by atoms with Crippen LogP contribution >= 0.6 is 0 Å². The standard InChI is InChI=1S/C16H24FN3O2S/c1-18-16(19-8-10-23(2,21)22)20-9-7-14(12-20)11-13-3-5-15(17)6-4-13/h3-6,14H,7-12H2,1-2H3,(H,18,19). The number of hydrogen-bond donors (Lipinski definition) is 1. The molecular weight excluding hydrogens is 317 g/mol. The summed E-state index contributed by atoms with van der Waals surface area (Å²) in [7, 11) is -1.27. The molecule has 2 rings (SSSR count). The number of guanidine groups is 1. The van der Waals surface area contributed by atoms with E-state index >= 15 is 0 Å². The van der Waals surface area contributed by atoms with Gasteiger partial charge in [-0.05, 0) is 36.5 Å². The molecule has 1 heterocycles. The molecule has 0 saturated carbocycles. The number of sulfone groups is 1. The molecule has 1 atom stereocenters. The van der Waals surface area contributed by atoms with Crippen molar-refractivity contribution < 1.29 is 12.8 Å². The van der Waals surface area contributed by atoms with Crippen LogP contribution in [-0.4, -0.2) is 58.0 Å². The Morgan fingerprint density at radius 2 is 2.09 bits per heavy atom. The third-order valence-electron chi connectivity index (χ3n) is 3.99. The molecule has 128 valence electrons. The molecule has 0 radical (unpaired) electrons. The highest BCUT2D eigenvalue weighted by Gasteiger charge is 2.25. The zero-order valence-electron chi connectivity index (χ0n) is 13.6. The van der Waals surface area contributed by atoms with Crippen molar-refractivity contribution in [3.05, 3.63) is 35.6 Å². The Kier molecular flexibility index (Phi) is 5.98. The molecule has 0 bridgehead atoms. The molecule has 1 aromatic carbocycles. The number of nitrogens with one attached hydrogen (secondary N) is 1. The van der Waals surface area contributed by atoms with Crippen LogP contribution in [0, 0.1) is 11.7 Å². The van der Waals surface area contributed by atoms with Gasteiger partial charge in [0.25, 0.3) is 0 Å². The van der Waals surface area contributed by atoms with E-state index in [0.29, 0.717) is 12.5 Å². The Morgan fingerprint density at radius 3 is 2.70 bits per heavy atom. The van der Waals surface area contributed by atoms with Crippen LogP contribution in [0.5, 0.6) is 0 Å². The topological polar surface area (TPSA) is 61.8 Å². The second-order valence-corrected chi connectivity index (χ2v) is 8.29. The van der Waals surface area contributed by atoms with Gasteiger partial charge in [0.15, 0.2) is 5.96 Å². The molecule has 1 fully saturated rings. The zero-order valence-corrected chi connectivity index (χ0v) is 14.4. The van der Waals surface area contributed by atoms with Crippen molar-refractivity contribution in [1.82, 2.24) is 10.2 Å². The lowest BCUT2D eigenvalue weighted by Crippen LogP contribution is -2.41. The fraction of sp³-hybridized carbons (Fsp3) is 0.562. The van der Waals surface area contributed by atoms with Gasteiger partial charge in [0, 0.05) is 32.9 Å². The van der Waals surface area contributed by atoms with Gasteiger partial charge < -0.3 is 10.2 Å². The Bertz CT molecular complexity index is 644. The van der Waals surface area contributed by atoms with Gasteiger partial charge in [-0.1, -0.05) is 12.1 Å². The molecule has 1 aliphatic rings. The highest BCUT2D eigenvalue weighted by Crippen LogP contribution is 2.21. The number of hydrogen-bond acceptors (Lipinski definition) is 3. The molecule has 23 heavy (non-hydrogen) atoms. The van der Waals surface area contributed by atoms with Crippen molar-refractivity contribution in [1.29, 1.82) is 0 Å². The number of likely N-dealkylation sites (tertiary alicyclic amines) is 1. The monoisotopic (exact) mass is 341 g/mol. The minimum atomic E-state index is -2.97. The van der Waals surface area contributed by atoms with Crippen LogP contribution in [0.15, 0.2) is 29.3 Å². The summed E-state index contributed by atoms with van der Waals surface area (Å²) in [6.07, 6.45) is 3.19. The van der Waals surface area contributed by atoms with Gasteiger partial charge in [-0.15, -0.1) is 0 Å². The predicted octanol–water partition coefficient (Wildman–Crippen LogP) is 1.31. The van der Waals surface area contributed by atoms with Crippen LogP contribution in [0.25, 0.3) is 0 Å². The molecule has 1 aliphatic heterocycles. The van der Waals surface area contributed by atoms with E-state index in [1.807, 2.05) is 12.1 Å². The van der Waals surface area contributed by atoms with Crippen molar-refractivity contribution in [3.8, 4) is 0 Å². The Morgan fingerprint density at radius 1 is 1.39 bits per heavy atom. The van der Waals surface area contributed by atoms with Crippen LogP contribution in [0.3, 0.4) is 0 Å². The van der Waals surface area contributed by atoms with Crippen molar-refractivity contribution in [3.63, 3.8) is 0 Å². The number of benzene rings is 1. The third kappa shape index (κ3) is 5.82. The average molecular weight is 341 g/mol. The Balaban J connectivity index is 1.84. The first kappa shape index (κ1) is 17.7. The largest absolute Gasteiger partial charge is 0.355 e. The van der Waals surface area contributed by atoms with Gasteiger partial charge >= 0.3 is 0 Å². The number of nitrogens with zero attached hydrogens (tertiary/aromatic N) is 2. The van der Waals surface area contributed by atoms with E-state index in [4.69, 9.17) is 0 Å². The second-order valence-electron chi connectivity index (χ2n) is 6.04. The van der Waals surface area contributed by atoms with E-state index < -0.39 is 9.84 Å². The molecule has 1 unspecified atom stereocenters. The molecule has 0 spiro atoms. The van der Waals surface area contributed by atoms with Crippen LogP contribution in [-0.2, 0) is 16.3 Å². The van der Waals surface area contributed by atoms with E-state index in [-0.39, 0.29) is 11.6 Å². The summed E-state index contributed by atoms with van der Waals surface area (Å²) in [5, 5.41) is 3.11. The summed E-state index contributed by atoms with van der Waals surface area (Å²) in [5.41, 5.74) is 1.14. The summed E-state index contributed by atoms with van der Waals surface area (Å²) >= 11 is 0. The fourth-order valence-electron chi connectivity index (χ4n) is 2.83. The van der Waals surface area contributed by atoms with Gasteiger partial charge in [0.2, 0.25) is 0 Å². The highest BCUT2D eigenvalue weighted by atomic mass is 32.2. The van der Waals surface area contributed by atoms with E-state index in [1.54, 1.807) is 7.05 Å². The average Bonchev–Trinajstić information content (AvgIpc) is 2.93. The first-order chi connectivity index (χ1) is 10.9. The van der Waals surface area contributed by atoms with Gasteiger partial charge in [-0.3, -0.25) is 4.99 Å². The molecule has 0 aliphatic carbocycles. The lowest BCUT2D eigenvalue weighted by atomic mass is 9.99. The fourth-order valence-corrected chi connectivity index (χ4v) is 3.30. The lowest BCUT2D eigenvalue weighted by Gasteiger charge is -2.21. The molecular formula is C16H24FN3O2S. The second kappa shape index (κ2) is 7.77. The molecule has 5 nitrogen and oxygen atoms in total. The Hall–Kier alpha value is -1.63. The first-order valence-corrected chi connectivity index (χ1v) is 9.81. The lowest BCUT2D eigenvalue weighted by molar-refractivity contribution is 0.461. The smallest absolute Gasteiger partial charge is 0.193 e. The van der Waals surface area contributed by atoms with E-state index in [1.165, 1.54) is 18.4 Å². The molecule has 1 N–H and O–H groups in total. The van der Waals surface area contributed by atoms with Crippen molar-refractivity contribution in [2.45, 2.75) is 12.8 Å². The van der Waals surface area contributed by atoms with Crippen molar-refractivity contribution in [2.75, 3.05) is 38.7 Å². The maximum Gasteiger partial charge on any atom is 0.193 e. The van der Waals surface area contributed by atoms with Gasteiger partial charge in [-0.25, -0.2) is 12.8 Å². The first-order valence-electron chi connectivity index (χ1n) is 7.75. The zero-order chi connectivity index (χ0) is 16.9. The van der Waals surface area contributed by atoms with Gasteiger partial charge in [0.05, 0.1) is 5.75 Å². The molecule has 7 heteroatoms. The minimum Gasteiger partial charge on any atom is -0.355 e. The summed E-state index contributed by atoms with van der Waals surface area (Å²) in [6, 6.07) is 6.65. The van der Waals surface area contributed by atoms with Crippen LogP contribution in [0.1, 0.15) is 12.0 Å². The van der Waals surface area contributed by atoms with E-state index in [0.717, 1.165) is 37.5 Å². The highest BCUT2D eigenvalue weighted by molar-refractivity contribution is 7.90. The quantitative estimate of drug-likeness (QED) is 0.648. The Labute approximate surface area is 137 Å². The molecule has 1 aromatic rings. The summed E-state index contributed by atoms with van der Waals surface area (Å²) < 4.78 is 35.3.